The van der Waals surface area contributed by atoms with E-state index in [4.69, 9.17) is 0 Å². The van der Waals surface area contributed by atoms with E-state index in [-0.39, 0.29) is 0 Å². The molecule has 0 saturated heterocycles. The summed E-state index contributed by atoms with van der Waals surface area (Å²) in [7, 11) is 0. The number of benzene rings is 4. The van der Waals surface area contributed by atoms with Gasteiger partial charge in [0.1, 0.15) is 11.5 Å². The summed E-state index contributed by atoms with van der Waals surface area (Å²) in [6.45, 7) is 1.51. The Morgan fingerprint density at radius 3 is 1.32 bits per heavy atom. The number of nitrogens with one attached hydrogen (secondary N) is 1. The zero-order chi connectivity index (χ0) is 21.5. The van der Waals surface area contributed by atoms with E-state index in [9.17, 15) is 10.2 Å². The van der Waals surface area contributed by atoms with Gasteiger partial charge >= 0.3 is 0 Å². The van der Waals surface area contributed by atoms with Crippen LogP contribution in [0.2, 0.25) is 0 Å². The SMILES string of the molecule is Oc1c(CCNCCc2cccc(-c3ccccc3)c2O)cccc1-c1ccccc1. The van der Waals surface area contributed by atoms with Crippen LogP contribution in [0.25, 0.3) is 22.3 Å². The molecule has 0 bridgehead atoms. The summed E-state index contributed by atoms with van der Waals surface area (Å²) in [5.74, 6) is 0.701. The number of phenolic OH excluding ortho intramolecular Hbond substituents is 2. The maximum atomic E-state index is 10.7. The first-order valence-corrected chi connectivity index (χ1v) is 10.7. The third-order valence-electron chi connectivity index (χ3n) is 5.55. The Morgan fingerprint density at radius 2 is 0.903 bits per heavy atom. The first-order chi connectivity index (χ1) is 15.2. The first-order valence-electron chi connectivity index (χ1n) is 10.7. The Morgan fingerprint density at radius 1 is 0.484 bits per heavy atom. The van der Waals surface area contributed by atoms with Crippen LogP contribution in [0.5, 0.6) is 11.5 Å². The summed E-state index contributed by atoms with van der Waals surface area (Å²) >= 11 is 0. The molecule has 0 aromatic heterocycles. The topological polar surface area (TPSA) is 52.5 Å². The van der Waals surface area contributed by atoms with Gasteiger partial charge in [0.05, 0.1) is 0 Å². The molecule has 0 unspecified atom stereocenters. The molecular formula is C28H27NO2. The van der Waals surface area contributed by atoms with Crippen molar-refractivity contribution >= 4 is 0 Å². The molecule has 3 nitrogen and oxygen atoms in total. The largest absolute Gasteiger partial charge is 0.507 e. The lowest BCUT2D eigenvalue weighted by molar-refractivity contribution is 0.467. The number of aromatic hydroxyl groups is 2. The van der Waals surface area contributed by atoms with Gasteiger partial charge in [-0.15, -0.1) is 0 Å². The molecule has 0 fully saturated rings. The van der Waals surface area contributed by atoms with Crippen LogP contribution in [0.15, 0.2) is 97.1 Å². The van der Waals surface area contributed by atoms with Crippen molar-refractivity contribution in [1.82, 2.24) is 5.32 Å². The van der Waals surface area contributed by atoms with E-state index in [2.05, 4.69) is 5.32 Å². The lowest BCUT2D eigenvalue weighted by Crippen LogP contribution is -2.20. The summed E-state index contributed by atoms with van der Waals surface area (Å²) in [5, 5.41) is 24.8. The van der Waals surface area contributed by atoms with Gasteiger partial charge in [0.25, 0.3) is 0 Å². The number of hydrogen-bond acceptors (Lipinski definition) is 3. The molecule has 0 aliphatic heterocycles. The van der Waals surface area contributed by atoms with Gasteiger partial charge < -0.3 is 15.5 Å². The second kappa shape index (κ2) is 9.96. The standard InChI is InChI=1S/C28H27NO2/c30-27-23(13-7-15-25(27)21-9-3-1-4-10-21)17-19-29-20-18-24-14-8-16-26(28(24)31)22-11-5-2-6-12-22/h1-16,29-31H,17-20H2. The van der Waals surface area contributed by atoms with E-state index in [0.717, 1.165) is 59.3 Å². The Kier molecular flexibility index (Phi) is 6.65. The summed E-state index contributed by atoms with van der Waals surface area (Å²) in [6.07, 6.45) is 1.48. The van der Waals surface area contributed by atoms with Gasteiger partial charge in [-0.2, -0.15) is 0 Å². The van der Waals surface area contributed by atoms with Crippen LogP contribution in [0.1, 0.15) is 11.1 Å². The van der Waals surface area contributed by atoms with Gasteiger partial charge in [0.2, 0.25) is 0 Å². The third-order valence-corrected chi connectivity index (χ3v) is 5.55. The lowest BCUT2D eigenvalue weighted by Gasteiger charge is -2.12. The van der Waals surface area contributed by atoms with Gasteiger partial charge in [-0.05, 0) is 48.2 Å². The zero-order valence-electron chi connectivity index (χ0n) is 17.5. The van der Waals surface area contributed by atoms with Crippen molar-refractivity contribution in [3.63, 3.8) is 0 Å². The third kappa shape index (κ3) is 4.96. The van der Waals surface area contributed by atoms with E-state index in [1.807, 2.05) is 97.1 Å². The highest BCUT2D eigenvalue weighted by atomic mass is 16.3. The molecule has 4 aromatic carbocycles. The van der Waals surface area contributed by atoms with Crippen molar-refractivity contribution in [1.29, 1.82) is 0 Å². The summed E-state index contributed by atoms with van der Waals surface area (Å²) < 4.78 is 0. The normalized spacial score (nSPS) is 10.8. The number of rotatable bonds is 8. The summed E-state index contributed by atoms with van der Waals surface area (Å²) in [6, 6.07) is 31.7. The van der Waals surface area contributed by atoms with Gasteiger partial charge in [0, 0.05) is 11.1 Å². The second-order valence-corrected chi connectivity index (χ2v) is 7.61. The average molecular weight is 410 g/mol. The van der Waals surface area contributed by atoms with Crippen LogP contribution in [0, 0.1) is 0 Å². The van der Waals surface area contributed by atoms with E-state index >= 15 is 0 Å². The quantitative estimate of drug-likeness (QED) is 0.322. The molecule has 0 aliphatic carbocycles. The Bertz CT molecular complexity index is 1030. The maximum absolute atomic E-state index is 10.7. The maximum Gasteiger partial charge on any atom is 0.126 e. The molecular weight excluding hydrogens is 382 g/mol. The minimum atomic E-state index is 0.351. The van der Waals surface area contributed by atoms with Crippen molar-refractivity contribution in [2.75, 3.05) is 13.1 Å². The second-order valence-electron chi connectivity index (χ2n) is 7.61. The van der Waals surface area contributed by atoms with Gasteiger partial charge in [-0.3, -0.25) is 0 Å². The van der Waals surface area contributed by atoms with Gasteiger partial charge in [0.15, 0.2) is 0 Å². The van der Waals surface area contributed by atoms with Gasteiger partial charge in [-0.1, -0.05) is 97.1 Å². The number of hydrogen-bond donors (Lipinski definition) is 3. The minimum absolute atomic E-state index is 0.351. The number of para-hydroxylation sites is 2. The predicted molar refractivity (Wildman–Crippen MR) is 127 cm³/mol. The fraction of sp³-hybridized carbons (Fsp3) is 0.143. The van der Waals surface area contributed by atoms with Crippen molar-refractivity contribution in [3.05, 3.63) is 108 Å². The van der Waals surface area contributed by atoms with Crippen LogP contribution in [-0.2, 0) is 12.8 Å². The molecule has 0 spiro atoms. The van der Waals surface area contributed by atoms with E-state index < -0.39 is 0 Å². The Hall–Kier alpha value is -3.56. The van der Waals surface area contributed by atoms with E-state index in [0.29, 0.717) is 11.5 Å². The summed E-state index contributed by atoms with van der Waals surface area (Å²) in [5.41, 5.74) is 5.62. The Labute approximate surface area is 183 Å². The monoisotopic (exact) mass is 409 g/mol. The van der Waals surface area contributed by atoms with Crippen molar-refractivity contribution < 1.29 is 10.2 Å². The van der Waals surface area contributed by atoms with Crippen LogP contribution in [0.3, 0.4) is 0 Å². The molecule has 0 aliphatic rings. The molecule has 3 N–H and O–H groups in total. The average Bonchev–Trinajstić information content (AvgIpc) is 2.82. The fourth-order valence-corrected chi connectivity index (χ4v) is 3.86. The zero-order valence-corrected chi connectivity index (χ0v) is 17.5. The van der Waals surface area contributed by atoms with Crippen molar-refractivity contribution in [3.8, 4) is 33.8 Å². The fourth-order valence-electron chi connectivity index (χ4n) is 3.86. The molecule has 31 heavy (non-hydrogen) atoms. The van der Waals surface area contributed by atoms with Crippen LogP contribution in [0.4, 0.5) is 0 Å². The van der Waals surface area contributed by atoms with Crippen LogP contribution >= 0.6 is 0 Å². The molecule has 0 atom stereocenters. The molecule has 0 amide bonds. The van der Waals surface area contributed by atoms with E-state index in [1.165, 1.54) is 0 Å². The van der Waals surface area contributed by atoms with E-state index in [1.54, 1.807) is 0 Å². The van der Waals surface area contributed by atoms with Crippen LogP contribution < -0.4 is 5.32 Å². The predicted octanol–water partition coefficient (Wildman–Crippen LogP) is 5.81. The Balaban J connectivity index is 1.34. The molecule has 3 heteroatoms. The minimum Gasteiger partial charge on any atom is -0.507 e. The molecule has 0 heterocycles. The molecule has 0 saturated carbocycles. The number of phenols is 2. The molecule has 156 valence electrons. The lowest BCUT2D eigenvalue weighted by atomic mass is 9.99. The molecule has 4 aromatic rings. The molecule has 4 rings (SSSR count). The van der Waals surface area contributed by atoms with Crippen molar-refractivity contribution in [2.24, 2.45) is 0 Å². The molecule has 0 radical (unpaired) electrons. The highest BCUT2D eigenvalue weighted by molar-refractivity contribution is 5.72. The van der Waals surface area contributed by atoms with Crippen molar-refractivity contribution in [2.45, 2.75) is 12.8 Å². The highest BCUT2D eigenvalue weighted by Gasteiger charge is 2.10. The smallest absolute Gasteiger partial charge is 0.126 e. The van der Waals surface area contributed by atoms with Gasteiger partial charge in [-0.25, -0.2) is 0 Å². The van der Waals surface area contributed by atoms with Crippen LogP contribution in [-0.4, -0.2) is 23.3 Å². The first kappa shape index (κ1) is 20.7. The summed E-state index contributed by atoms with van der Waals surface area (Å²) in [4.78, 5) is 0. The highest BCUT2D eigenvalue weighted by Crippen LogP contribution is 2.33.